The number of fused-ring (bicyclic) bond motifs is 2. The van der Waals surface area contributed by atoms with Gasteiger partial charge in [0, 0.05) is 0 Å². The van der Waals surface area contributed by atoms with Crippen molar-refractivity contribution in [2.24, 2.45) is 0 Å². The third-order valence-corrected chi connectivity index (χ3v) is 7.59. The average Bonchev–Trinajstić information content (AvgIpc) is 3.69. The molecule has 2 N–H and O–H groups in total. The Balaban J connectivity index is 1.56. The van der Waals surface area contributed by atoms with E-state index in [1.54, 1.807) is 53.1 Å². The topological polar surface area (TPSA) is 132 Å². The number of nitrogens with zero attached hydrogens (tertiary/aromatic N) is 3. The number of sulfonamides is 1. The molecule has 6 aromatic rings. The number of carbonyl (C=O) groups is 1. The molecule has 0 unspecified atom stereocenters. The van der Waals surface area contributed by atoms with Gasteiger partial charge >= 0.3 is 0 Å². The van der Waals surface area contributed by atoms with Crippen LogP contribution in [0.15, 0.2) is 99.1 Å². The standard InChI is InChI=1S/C28H23N5O5S/c1-18-10-12-21(13-11-18)39(35,36)32-26-24(28(34)29-16-19-6-4-14-37-19)25-27(33(26)17-20-7-5-15-38-20)31-23-9-3-2-8-22(23)30-25/h2-15,32H,16-17H2,1H3,(H,29,34). The number of nitrogens with one attached hydrogen (secondary N) is 2. The van der Waals surface area contributed by atoms with Crippen molar-refractivity contribution < 1.29 is 22.0 Å². The first-order chi connectivity index (χ1) is 18.9. The summed E-state index contributed by atoms with van der Waals surface area (Å²) in [4.78, 5) is 23.3. The highest BCUT2D eigenvalue weighted by atomic mass is 32.2. The zero-order valence-electron chi connectivity index (χ0n) is 20.8. The van der Waals surface area contributed by atoms with E-state index in [0.29, 0.717) is 28.2 Å². The molecule has 0 aliphatic heterocycles. The first kappa shape index (κ1) is 24.4. The van der Waals surface area contributed by atoms with Crippen LogP contribution in [0.2, 0.25) is 0 Å². The summed E-state index contributed by atoms with van der Waals surface area (Å²) >= 11 is 0. The zero-order chi connectivity index (χ0) is 27.0. The molecular weight excluding hydrogens is 518 g/mol. The quantitative estimate of drug-likeness (QED) is 0.281. The van der Waals surface area contributed by atoms with Crippen LogP contribution in [0.4, 0.5) is 5.82 Å². The van der Waals surface area contributed by atoms with Gasteiger partial charge in [-0.2, -0.15) is 0 Å². The predicted octanol–water partition coefficient (Wildman–Crippen LogP) is 4.86. The van der Waals surface area contributed by atoms with Gasteiger partial charge in [-0.25, -0.2) is 18.4 Å². The highest BCUT2D eigenvalue weighted by Crippen LogP contribution is 2.32. The lowest BCUT2D eigenvalue weighted by molar-refractivity contribution is 0.0950. The molecule has 0 bridgehead atoms. The van der Waals surface area contributed by atoms with Gasteiger partial charge in [0.2, 0.25) is 0 Å². The molecule has 0 aliphatic rings. The summed E-state index contributed by atoms with van der Waals surface area (Å²) in [5.74, 6) is 0.566. The third kappa shape index (κ3) is 4.75. The largest absolute Gasteiger partial charge is 0.467 e. The summed E-state index contributed by atoms with van der Waals surface area (Å²) in [5, 5.41) is 2.82. The number of para-hydroxylation sites is 2. The molecule has 0 aliphatic carbocycles. The zero-order valence-corrected chi connectivity index (χ0v) is 21.6. The van der Waals surface area contributed by atoms with Crippen LogP contribution in [-0.4, -0.2) is 28.9 Å². The average molecular weight is 542 g/mol. The van der Waals surface area contributed by atoms with Gasteiger partial charge in [-0.1, -0.05) is 29.8 Å². The van der Waals surface area contributed by atoms with Gasteiger partial charge in [-0.3, -0.25) is 9.52 Å². The second-order valence-electron chi connectivity index (χ2n) is 8.95. The summed E-state index contributed by atoms with van der Waals surface area (Å²) < 4.78 is 42.3. The van der Waals surface area contributed by atoms with Crippen LogP contribution in [-0.2, 0) is 23.1 Å². The van der Waals surface area contributed by atoms with Gasteiger partial charge in [-0.05, 0) is 55.5 Å². The van der Waals surface area contributed by atoms with Crippen molar-refractivity contribution in [3.63, 3.8) is 0 Å². The molecular formula is C28H23N5O5S. The molecule has 0 saturated carbocycles. The molecule has 0 fully saturated rings. The maximum atomic E-state index is 13.7. The number of aryl methyl sites for hydroxylation is 1. The van der Waals surface area contributed by atoms with Crippen LogP contribution in [0.25, 0.3) is 22.2 Å². The number of hydrogen-bond donors (Lipinski definition) is 2. The Morgan fingerprint density at radius 2 is 1.54 bits per heavy atom. The van der Waals surface area contributed by atoms with Crippen LogP contribution in [0.1, 0.15) is 27.4 Å². The summed E-state index contributed by atoms with van der Waals surface area (Å²) in [7, 11) is -4.10. The molecule has 0 spiro atoms. The van der Waals surface area contributed by atoms with Crippen LogP contribution in [0.3, 0.4) is 0 Å². The summed E-state index contributed by atoms with van der Waals surface area (Å²) in [6.07, 6.45) is 3.03. The van der Waals surface area contributed by atoms with Gasteiger partial charge in [0.25, 0.3) is 15.9 Å². The molecule has 2 aromatic carbocycles. The first-order valence-electron chi connectivity index (χ1n) is 12.1. The number of carbonyl (C=O) groups excluding carboxylic acids is 1. The number of rotatable bonds is 8. The molecule has 39 heavy (non-hydrogen) atoms. The summed E-state index contributed by atoms with van der Waals surface area (Å²) in [6, 6.07) is 20.6. The van der Waals surface area contributed by atoms with Crippen LogP contribution < -0.4 is 10.0 Å². The maximum absolute atomic E-state index is 13.7. The molecule has 10 nitrogen and oxygen atoms in total. The van der Waals surface area contributed by atoms with Gasteiger partial charge in [0.1, 0.15) is 28.4 Å². The highest BCUT2D eigenvalue weighted by Gasteiger charge is 2.29. The highest BCUT2D eigenvalue weighted by molar-refractivity contribution is 7.92. The number of hydrogen-bond acceptors (Lipinski definition) is 7. The van der Waals surface area contributed by atoms with E-state index in [-0.39, 0.29) is 34.9 Å². The van der Waals surface area contributed by atoms with E-state index in [1.807, 2.05) is 19.1 Å². The Labute approximate surface area is 223 Å². The molecule has 11 heteroatoms. The lowest BCUT2D eigenvalue weighted by Crippen LogP contribution is -2.25. The Morgan fingerprint density at radius 1 is 0.872 bits per heavy atom. The Kier molecular flexibility index (Phi) is 6.12. The monoisotopic (exact) mass is 541 g/mol. The number of amides is 1. The van der Waals surface area contributed by atoms with E-state index in [2.05, 4.69) is 10.0 Å². The fraction of sp³-hybridized carbons (Fsp3) is 0.107. The van der Waals surface area contributed by atoms with E-state index >= 15 is 0 Å². The Hall–Kier alpha value is -4.90. The van der Waals surface area contributed by atoms with Crippen LogP contribution >= 0.6 is 0 Å². The second-order valence-corrected chi connectivity index (χ2v) is 10.6. The Bertz CT molecular complexity index is 1890. The van der Waals surface area contributed by atoms with Crippen molar-refractivity contribution >= 4 is 43.9 Å². The fourth-order valence-corrected chi connectivity index (χ4v) is 5.38. The Morgan fingerprint density at radius 3 is 2.21 bits per heavy atom. The molecule has 0 radical (unpaired) electrons. The minimum atomic E-state index is -4.10. The van der Waals surface area contributed by atoms with E-state index in [4.69, 9.17) is 18.8 Å². The van der Waals surface area contributed by atoms with E-state index in [9.17, 15) is 13.2 Å². The first-order valence-corrected chi connectivity index (χ1v) is 13.6. The van der Waals surface area contributed by atoms with Gasteiger partial charge < -0.3 is 18.7 Å². The normalized spacial score (nSPS) is 11.7. The number of benzene rings is 2. The van der Waals surface area contributed by atoms with E-state index in [1.165, 1.54) is 24.7 Å². The predicted molar refractivity (Wildman–Crippen MR) is 145 cm³/mol. The SMILES string of the molecule is Cc1ccc(S(=O)(=O)Nc2c(C(=O)NCc3ccco3)c3nc4ccccc4nc3n2Cc2ccco2)cc1. The molecule has 1 amide bonds. The van der Waals surface area contributed by atoms with Crippen molar-refractivity contribution in [2.75, 3.05) is 4.72 Å². The molecule has 6 rings (SSSR count). The fourth-order valence-electron chi connectivity index (χ4n) is 4.31. The van der Waals surface area contributed by atoms with Gasteiger partial charge in [0.05, 0.1) is 41.5 Å². The van der Waals surface area contributed by atoms with E-state index in [0.717, 1.165) is 5.56 Å². The lowest BCUT2D eigenvalue weighted by Gasteiger charge is -2.14. The minimum absolute atomic E-state index is 0.0224. The molecule has 0 atom stereocenters. The van der Waals surface area contributed by atoms with Crippen molar-refractivity contribution in [1.82, 2.24) is 19.9 Å². The summed E-state index contributed by atoms with van der Waals surface area (Å²) in [6.45, 7) is 2.07. The smallest absolute Gasteiger partial charge is 0.263 e. The van der Waals surface area contributed by atoms with Crippen molar-refractivity contribution in [3.05, 3.63) is 108 Å². The molecule has 4 aromatic heterocycles. The van der Waals surface area contributed by atoms with Gasteiger partial charge in [-0.15, -0.1) is 0 Å². The van der Waals surface area contributed by atoms with Crippen LogP contribution in [0, 0.1) is 6.92 Å². The van der Waals surface area contributed by atoms with Crippen molar-refractivity contribution in [3.8, 4) is 0 Å². The summed E-state index contributed by atoms with van der Waals surface area (Å²) in [5.41, 5.74) is 2.69. The third-order valence-electron chi connectivity index (χ3n) is 6.24. The number of anilines is 1. The molecule has 196 valence electrons. The second kappa shape index (κ2) is 9.76. The minimum Gasteiger partial charge on any atom is -0.467 e. The van der Waals surface area contributed by atoms with Crippen molar-refractivity contribution in [2.45, 2.75) is 24.9 Å². The number of furan rings is 2. The molecule has 4 heterocycles. The maximum Gasteiger partial charge on any atom is 0.263 e. The lowest BCUT2D eigenvalue weighted by atomic mass is 10.2. The molecule has 0 saturated heterocycles. The van der Waals surface area contributed by atoms with Crippen molar-refractivity contribution in [1.29, 1.82) is 0 Å². The van der Waals surface area contributed by atoms with Crippen LogP contribution in [0.5, 0.6) is 0 Å². The van der Waals surface area contributed by atoms with Gasteiger partial charge in [0.15, 0.2) is 5.65 Å². The van der Waals surface area contributed by atoms with E-state index < -0.39 is 15.9 Å². The number of aromatic nitrogens is 3.